The van der Waals surface area contributed by atoms with Crippen LogP contribution >= 0.6 is 11.6 Å². The molecule has 6 nitrogen and oxygen atoms in total. The third kappa shape index (κ3) is 2.89. The molecular formula is C17H19ClN4O2. The van der Waals surface area contributed by atoms with E-state index in [9.17, 15) is 4.79 Å². The molecule has 2 heterocycles. The summed E-state index contributed by atoms with van der Waals surface area (Å²) in [6.45, 7) is 4.15. The molecule has 1 aliphatic heterocycles. The number of aromatic nitrogens is 3. The Bertz CT molecular complexity index is 784. The Labute approximate surface area is 145 Å². The van der Waals surface area contributed by atoms with Gasteiger partial charge in [0.25, 0.3) is 0 Å². The van der Waals surface area contributed by atoms with Crippen molar-refractivity contribution in [2.45, 2.75) is 32.7 Å². The number of carbonyl (C=O) groups excluding carboxylic acids is 1. The number of allylic oxidation sites excluding steroid dienone is 1. The standard InChI is InChI=1S/C17H19ClN4O2/c1-3-7-13-14(16(23)24-4-2)15(11-8-5-6-9-12(11)18)22-17(21-13)19-10-20-22/h5-6,8-10,15H,3-4,7H2,1-2H3,(H,19,20,21)/t15-/m0/s1. The highest BCUT2D eigenvalue weighted by Crippen LogP contribution is 2.39. The molecule has 1 aromatic heterocycles. The zero-order valence-corrected chi connectivity index (χ0v) is 14.4. The Morgan fingerprint density at radius 1 is 1.38 bits per heavy atom. The second kappa shape index (κ2) is 7.05. The van der Waals surface area contributed by atoms with Gasteiger partial charge in [0, 0.05) is 16.3 Å². The van der Waals surface area contributed by atoms with Crippen molar-refractivity contribution >= 4 is 23.5 Å². The molecule has 0 saturated carbocycles. The van der Waals surface area contributed by atoms with Crippen molar-refractivity contribution in [3.05, 3.63) is 52.4 Å². The number of esters is 1. The predicted molar refractivity (Wildman–Crippen MR) is 91.8 cm³/mol. The Balaban J connectivity index is 2.20. The number of fused-ring (bicyclic) bond motifs is 1. The Morgan fingerprint density at radius 2 is 2.17 bits per heavy atom. The molecule has 24 heavy (non-hydrogen) atoms. The van der Waals surface area contributed by atoms with Gasteiger partial charge in [-0.2, -0.15) is 10.1 Å². The second-order valence-electron chi connectivity index (χ2n) is 5.44. The van der Waals surface area contributed by atoms with E-state index < -0.39 is 6.04 Å². The molecule has 1 aliphatic rings. The molecule has 3 rings (SSSR count). The minimum atomic E-state index is -0.460. The first-order valence-corrected chi connectivity index (χ1v) is 8.36. The number of nitrogens with zero attached hydrogens (tertiary/aromatic N) is 3. The lowest BCUT2D eigenvalue weighted by Gasteiger charge is -2.29. The van der Waals surface area contributed by atoms with E-state index in [1.807, 2.05) is 18.2 Å². The number of hydrogen-bond donors (Lipinski definition) is 1. The van der Waals surface area contributed by atoms with Gasteiger partial charge in [-0.1, -0.05) is 43.1 Å². The molecule has 0 saturated heterocycles. The molecule has 0 fully saturated rings. The number of carbonyl (C=O) groups is 1. The van der Waals surface area contributed by atoms with E-state index in [-0.39, 0.29) is 5.97 Å². The van der Waals surface area contributed by atoms with Crippen LogP contribution in [0.4, 0.5) is 5.95 Å². The molecule has 0 aliphatic carbocycles. The van der Waals surface area contributed by atoms with Gasteiger partial charge in [0.2, 0.25) is 5.95 Å². The zero-order chi connectivity index (χ0) is 17.1. The average molecular weight is 347 g/mol. The molecule has 1 N–H and O–H groups in total. The molecular weight excluding hydrogens is 328 g/mol. The highest BCUT2D eigenvalue weighted by molar-refractivity contribution is 6.31. The highest BCUT2D eigenvalue weighted by atomic mass is 35.5. The SMILES string of the molecule is CCCC1=C(C(=O)OCC)[C@H](c2ccccc2Cl)n2ncnc2N1. The van der Waals surface area contributed by atoms with Crippen molar-refractivity contribution in [3.8, 4) is 0 Å². The fraction of sp³-hybridized carbons (Fsp3) is 0.353. The second-order valence-corrected chi connectivity index (χ2v) is 5.85. The van der Waals surface area contributed by atoms with Crippen molar-refractivity contribution in [1.29, 1.82) is 0 Å². The highest BCUT2D eigenvalue weighted by Gasteiger charge is 2.36. The smallest absolute Gasteiger partial charge is 0.338 e. The number of rotatable bonds is 5. The van der Waals surface area contributed by atoms with Crippen molar-refractivity contribution < 1.29 is 9.53 Å². The number of anilines is 1. The van der Waals surface area contributed by atoms with Crippen molar-refractivity contribution in [1.82, 2.24) is 14.8 Å². The Kier molecular flexibility index (Phi) is 4.85. The van der Waals surface area contributed by atoms with Crippen LogP contribution in [0.3, 0.4) is 0 Å². The summed E-state index contributed by atoms with van der Waals surface area (Å²) in [5.41, 5.74) is 2.13. The number of ether oxygens (including phenoxy) is 1. The van der Waals surface area contributed by atoms with Crippen LogP contribution in [0.2, 0.25) is 5.02 Å². The lowest BCUT2D eigenvalue weighted by molar-refractivity contribution is -0.139. The molecule has 1 aromatic carbocycles. The predicted octanol–water partition coefficient (Wildman–Crippen LogP) is 3.56. The minimum absolute atomic E-state index is 0.307. The third-order valence-corrected chi connectivity index (χ3v) is 4.22. The quantitative estimate of drug-likeness (QED) is 0.838. The molecule has 7 heteroatoms. The van der Waals surface area contributed by atoms with Crippen LogP contribution in [0.15, 0.2) is 41.9 Å². The number of benzene rings is 1. The fourth-order valence-electron chi connectivity index (χ4n) is 2.89. The van der Waals surface area contributed by atoms with Crippen LogP contribution in [-0.4, -0.2) is 27.3 Å². The summed E-state index contributed by atoms with van der Waals surface area (Å²) >= 11 is 6.41. The van der Waals surface area contributed by atoms with Crippen LogP contribution in [-0.2, 0) is 9.53 Å². The summed E-state index contributed by atoms with van der Waals surface area (Å²) in [7, 11) is 0. The first kappa shape index (κ1) is 16.5. The van der Waals surface area contributed by atoms with Crippen LogP contribution < -0.4 is 5.32 Å². The van der Waals surface area contributed by atoms with E-state index in [2.05, 4.69) is 22.3 Å². The summed E-state index contributed by atoms with van der Waals surface area (Å²) < 4.78 is 6.97. The van der Waals surface area contributed by atoms with Gasteiger partial charge in [-0.25, -0.2) is 9.48 Å². The van der Waals surface area contributed by atoms with Crippen LogP contribution in [0, 0.1) is 0 Å². The van der Waals surface area contributed by atoms with Crippen molar-refractivity contribution in [3.63, 3.8) is 0 Å². The zero-order valence-electron chi connectivity index (χ0n) is 13.6. The number of hydrogen-bond acceptors (Lipinski definition) is 5. The van der Waals surface area contributed by atoms with Crippen molar-refractivity contribution in [2.75, 3.05) is 11.9 Å². The molecule has 1 atom stereocenters. The molecule has 0 unspecified atom stereocenters. The topological polar surface area (TPSA) is 69.0 Å². The molecule has 126 valence electrons. The summed E-state index contributed by atoms with van der Waals surface area (Å²) in [5, 5.41) is 8.07. The van der Waals surface area contributed by atoms with E-state index in [1.165, 1.54) is 6.33 Å². The maximum absolute atomic E-state index is 12.7. The van der Waals surface area contributed by atoms with Gasteiger partial charge in [-0.15, -0.1) is 0 Å². The summed E-state index contributed by atoms with van der Waals surface area (Å²) in [5.74, 6) is 0.232. The third-order valence-electron chi connectivity index (χ3n) is 3.87. The summed E-state index contributed by atoms with van der Waals surface area (Å²) in [6.07, 6.45) is 3.06. The lowest BCUT2D eigenvalue weighted by Crippen LogP contribution is -2.30. The Hall–Kier alpha value is -2.34. The van der Waals surface area contributed by atoms with Gasteiger partial charge in [-0.05, 0) is 19.4 Å². The van der Waals surface area contributed by atoms with E-state index in [0.29, 0.717) is 29.6 Å². The monoisotopic (exact) mass is 346 g/mol. The average Bonchev–Trinajstić information content (AvgIpc) is 3.03. The van der Waals surface area contributed by atoms with Gasteiger partial charge in [0.15, 0.2) is 0 Å². The molecule has 0 bridgehead atoms. The van der Waals surface area contributed by atoms with Gasteiger partial charge in [0.05, 0.1) is 12.2 Å². The van der Waals surface area contributed by atoms with Crippen LogP contribution in [0.5, 0.6) is 0 Å². The van der Waals surface area contributed by atoms with E-state index in [0.717, 1.165) is 17.7 Å². The van der Waals surface area contributed by atoms with E-state index >= 15 is 0 Å². The molecule has 0 amide bonds. The van der Waals surface area contributed by atoms with Gasteiger partial charge >= 0.3 is 5.97 Å². The van der Waals surface area contributed by atoms with Gasteiger partial charge in [0.1, 0.15) is 12.4 Å². The maximum Gasteiger partial charge on any atom is 0.338 e. The largest absolute Gasteiger partial charge is 0.463 e. The molecule has 0 radical (unpaired) electrons. The molecule has 0 spiro atoms. The Morgan fingerprint density at radius 3 is 2.88 bits per heavy atom. The number of nitrogens with one attached hydrogen (secondary N) is 1. The lowest BCUT2D eigenvalue weighted by atomic mass is 9.94. The first-order valence-electron chi connectivity index (χ1n) is 7.98. The van der Waals surface area contributed by atoms with E-state index in [4.69, 9.17) is 16.3 Å². The summed E-state index contributed by atoms with van der Waals surface area (Å²) in [6, 6.07) is 6.99. The maximum atomic E-state index is 12.7. The normalized spacial score (nSPS) is 16.5. The van der Waals surface area contributed by atoms with E-state index in [1.54, 1.807) is 17.7 Å². The van der Waals surface area contributed by atoms with Crippen molar-refractivity contribution in [2.24, 2.45) is 0 Å². The van der Waals surface area contributed by atoms with Gasteiger partial charge in [-0.3, -0.25) is 0 Å². The number of halogens is 1. The van der Waals surface area contributed by atoms with Gasteiger partial charge < -0.3 is 10.1 Å². The van der Waals surface area contributed by atoms with Crippen LogP contribution in [0.1, 0.15) is 38.3 Å². The van der Waals surface area contributed by atoms with Crippen LogP contribution in [0.25, 0.3) is 0 Å². The summed E-state index contributed by atoms with van der Waals surface area (Å²) in [4.78, 5) is 16.9. The minimum Gasteiger partial charge on any atom is -0.463 e. The fourth-order valence-corrected chi connectivity index (χ4v) is 3.13. The first-order chi connectivity index (χ1) is 11.7. The molecule has 2 aromatic rings.